The zero-order valence-electron chi connectivity index (χ0n) is 16.1. The SMILES string of the molecule is Cc1c(CC(=O)N[C@H](C)c2ncc(F)cc2F)c(=O)[nH]c2ccc(F)c(C(F)(F)F)c12. The summed E-state index contributed by atoms with van der Waals surface area (Å²) in [6.07, 6.45) is -4.93. The van der Waals surface area contributed by atoms with E-state index in [1.165, 1.54) is 13.8 Å². The summed E-state index contributed by atoms with van der Waals surface area (Å²) >= 11 is 0. The molecule has 11 heteroatoms. The molecule has 2 aromatic heterocycles. The lowest BCUT2D eigenvalue weighted by Gasteiger charge is -2.17. The molecule has 3 rings (SSSR count). The number of nitrogens with one attached hydrogen (secondary N) is 2. The number of rotatable bonds is 4. The molecule has 0 saturated heterocycles. The molecule has 164 valence electrons. The second kappa shape index (κ2) is 8.05. The molecule has 0 saturated carbocycles. The van der Waals surface area contributed by atoms with Gasteiger partial charge >= 0.3 is 6.18 Å². The standard InChI is InChI=1S/C20H15F6N3O2/c1-8-11(6-15(30)28-9(2)18-13(23)5-10(21)7-27-18)19(31)29-14-4-3-12(22)17(16(8)14)20(24,25)26/h3-5,7,9H,6H2,1-2H3,(H,28,30)(H,29,31)/t9-/m1/s1. The number of alkyl halides is 3. The van der Waals surface area contributed by atoms with Gasteiger partial charge in [-0.05, 0) is 31.5 Å². The number of pyridine rings is 2. The summed E-state index contributed by atoms with van der Waals surface area (Å²) in [6, 6.07) is 1.16. The highest BCUT2D eigenvalue weighted by Gasteiger charge is 2.37. The van der Waals surface area contributed by atoms with E-state index in [-0.39, 0.29) is 22.3 Å². The van der Waals surface area contributed by atoms with Crippen molar-refractivity contribution in [3.63, 3.8) is 0 Å². The summed E-state index contributed by atoms with van der Waals surface area (Å²) < 4.78 is 81.0. The molecule has 0 unspecified atom stereocenters. The third-order valence-corrected chi connectivity index (χ3v) is 4.75. The Morgan fingerprint density at radius 3 is 2.48 bits per heavy atom. The average molecular weight is 443 g/mol. The van der Waals surface area contributed by atoms with E-state index in [9.17, 15) is 35.9 Å². The summed E-state index contributed by atoms with van der Waals surface area (Å²) in [4.78, 5) is 30.5. The zero-order chi connectivity index (χ0) is 23.1. The Hall–Kier alpha value is -3.37. The Labute approximate surface area is 171 Å². The topological polar surface area (TPSA) is 74.8 Å². The van der Waals surface area contributed by atoms with Crippen LogP contribution in [0, 0.1) is 24.4 Å². The van der Waals surface area contributed by atoms with Crippen LogP contribution in [0.1, 0.15) is 35.3 Å². The fourth-order valence-corrected chi connectivity index (χ4v) is 3.35. The number of amides is 1. The first kappa shape index (κ1) is 22.3. The van der Waals surface area contributed by atoms with Gasteiger partial charge in [0.15, 0.2) is 0 Å². The first-order chi connectivity index (χ1) is 14.4. The number of nitrogens with zero attached hydrogens (tertiary/aromatic N) is 1. The van der Waals surface area contributed by atoms with Crippen molar-refractivity contribution in [3.05, 3.63) is 74.6 Å². The van der Waals surface area contributed by atoms with E-state index in [0.717, 1.165) is 12.3 Å². The first-order valence-corrected chi connectivity index (χ1v) is 8.91. The molecule has 3 aromatic rings. The number of aromatic nitrogens is 2. The Kier molecular flexibility index (Phi) is 5.79. The van der Waals surface area contributed by atoms with Gasteiger partial charge in [-0.3, -0.25) is 14.6 Å². The third kappa shape index (κ3) is 4.39. The Morgan fingerprint density at radius 2 is 1.87 bits per heavy atom. The molecule has 1 aromatic carbocycles. The number of aromatic amines is 1. The van der Waals surface area contributed by atoms with Crippen LogP contribution in [-0.4, -0.2) is 15.9 Å². The molecule has 0 aliphatic carbocycles. The smallest absolute Gasteiger partial charge is 0.348 e. The maximum atomic E-state index is 14.0. The summed E-state index contributed by atoms with van der Waals surface area (Å²) in [5, 5.41) is 1.79. The van der Waals surface area contributed by atoms with Crippen LogP contribution < -0.4 is 10.9 Å². The van der Waals surface area contributed by atoms with Gasteiger partial charge in [0.1, 0.15) is 23.0 Å². The number of halogens is 6. The second-order valence-corrected chi connectivity index (χ2v) is 6.89. The second-order valence-electron chi connectivity index (χ2n) is 6.89. The number of carbonyl (C=O) groups is 1. The number of carbonyl (C=O) groups excluding carboxylic acids is 1. The number of hydrogen-bond acceptors (Lipinski definition) is 3. The van der Waals surface area contributed by atoms with E-state index in [2.05, 4.69) is 15.3 Å². The number of H-pyrrole nitrogens is 1. The van der Waals surface area contributed by atoms with Crippen molar-refractivity contribution in [1.29, 1.82) is 0 Å². The maximum Gasteiger partial charge on any atom is 0.419 e. The first-order valence-electron chi connectivity index (χ1n) is 8.91. The molecule has 0 fully saturated rings. The van der Waals surface area contributed by atoms with Crippen molar-refractivity contribution < 1.29 is 31.1 Å². The largest absolute Gasteiger partial charge is 0.419 e. The van der Waals surface area contributed by atoms with Crippen LogP contribution in [0.25, 0.3) is 10.9 Å². The lowest BCUT2D eigenvalue weighted by atomic mass is 9.97. The van der Waals surface area contributed by atoms with Gasteiger partial charge in [0, 0.05) is 22.5 Å². The van der Waals surface area contributed by atoms with Crippen LogP contribution in [0.5, 0.6) is 0 Å². The van der Waals surface area contributed by atoms with Gasteiger partial charge < -0.3 is 10.3 Å². The predicted molar refractivity (Wildman–Crippen MR) is 98.7 cm³/mol. The zero-order valence-corrected chi connectivity index (χ0v) is 16.1. The molecular weight excluding hydrogens is 428 g/mol. The monoisotopic (exact) mass is 443 g/mol. The van der Waals surface area contributed by atoms with Gasteiger partial charge in [0.25, 0.3) is 5.56 Å². The van der Waals surface area contributed by atoms with E-state index in [4.69, 9.17) is 0 Å². The summed E-state index contributed by atoms with van der Waals surface area (Å²) in [5.41, 5.74) is -3.38. The van der Waals surface area contributed by atoms with Crippen LogP contribution >= 0.6 is 0 Å². The van der Waals surface area contributed by atoms with Gasteiger partial charge in [-0.15, -0.1) is 0 Å². The molecule has 1 atom stereocenters. The minimum Gasteiger partial charge on any atom is -0.348 e. The van der Waals surface area contributed by atoms with Gasteiger partial charge in [0.2, 0.25) is 5.91 Å². The fraction of sp³-hybridized carbons (Fsp3) is 0.250. The highest BCUT2D eigenvalue weighted by atomic mass is 19.4. The normalized spacial score (nSPS) is 12.8. The van der Waals surface area contributed by atoms with Gasteiger partial charge in [-0.25, -0.2) is 13.2 Å². The Balaban J connectivity index is 1.97. The van der Waals surface area contributed by atoms with Crippen LogP contribution in [-0.2, 0) is 17.4 Å². The lowest BCUT2D eigenvalue weighted by molar-refractivity contribution is -0.138. The molecule has 2 N–H and O–H groups in total. The molecule has 0 spiro atoms. The molecule has 0 aliphatic rings. The summed E-state index contributed by atoms with van der Waals surface area (Å²) in [5.74, 6) is -4.25. The molecule has 0 bridgehead atoms. The number of hydrogen-bond donors (Lipinski definition) is 2. The van der Waals surface area contributed by atoms with E-state index < -0.39 is 58.5 Å². The highest BCUT2D eigenvalue weighted by Crippen LogP contribution is 2.37. The Morgan fingerprint density at radius 1 is 1.19 bits per heavy atom. The fourth-order valence-electron chi connectivity index (χ4n) is 3.35. The Bertz CT molecular complexity index is 1240. The number of aryl methyl sites for hydroxylation is 1. The number of fused-ring (bicyclic) bond motifs is 1. The molecule has 0 radical (unpaired) electrons. The molecule has 2 heterocycles. The molecule has 5 nitrogen and oxygen atoms in total. The van der Waals surface area contributed by atoms with Crippen LogP contribution in [0.4, 0.5) is 26.3 Å². The van der Waals surface area contributed by atoms with Crippen molar-refractivity contribution in [2.24, 2.45) is 0 Å². The number of benzene rings is 1. The molecule has 31 heavy (non-hydrogen) atoms. The highest BCUT2D eigenvalue weighted by molar-refractivity contribution is 5.89. The minimum atomic E-state index is -5.04. The predicted octanol–water partition coefficient (Wildman–Crippen LogP) is 4.09. The quantitative estimate of drug-likeness (QED) is 0.597. The van der Waals surface area contributed by atoms with Gasteiger partial charge in [0.05, 0.1) is 24.4 Å². The maximum absolute atomic E-state index is 14.0. The van der Waals surface area contributed by atoms with Crippen molar-refractivity contribution in [2.45, 2.75) is 32.5 Å². The van der Waals surface area contributed by atoms with E-state index in [0.29, 0.717) is 12.1 Å². The lowest BCUT2D eigenvalue weighted by Crippen LogP contribution is -2.31. The average Bonchev–Trinajstić information content (AvgIpc) is 2.64. The molecule has 1 amide bonds. The molecular formula is C20H15F6N3O2. The summed E-state index contributed by atoms with van der Waals surface area (Å²) in [6.45, 7) is 2.54. The van der Waals surface area contributed by atoms with Crippen molar-refractivity contribution in [3.8, 4) is 0 Å². The molecule has 0 aliphatic heterocycles. The van der Waals surface area contributed by atoms with Crippen molar-refractivity contribution in [1.82, 2.24) is 15.3 Å². The summed E-state index contributed by atoms with van der Waals surface area (Å²) in [7, 11) is 0. The van der Waals surface area contributed by atoms with Crippen molar-refractivity contribution >= 4 is 16.8 Å². The van der Waals surface area contributed by atoms with Gasteiger partial charge in [-0.2, -0.15) is 13.2 Å². The van der Waals surface area contributed by atoms with E-state index >= 15 is 0 Å². The third-order valence-electron chi connectivity index (χ3n) is 4.75. The van der Waals surface area contributed by atoms with Crippen LogP contribution in [0.15, 0.2) is 29.2 Å². The van der Waals surface area contributed by atoms with Gasteiger partial charge in [-0.1, -0.05) is 0 Å². The minimum absolute atomic E-state index is 0.209. The van der Waals surface area contributed by atoms with Crippen molar-refractivity contribution in [2.75, 3.05) is 0 Å². The van der Waals surface area contributed by atoms with E-state index in [1.807, 2.05) is 0 Å². The van der Waals surface area contributed by atoms with Crippen LogP contribution in [0.2, 0.25) is 0 Å². The van der Waals surface area contributed by atoms with E-state index in [1.54, 1.807) is 0 Å². The van der Waals surface area contributed by atoms with Crippen LogP contribution in [0.3, 0.4) is 0 Å².